The summed E-state index contributed by atoms with van der Waals surface area (Å²) in [6.07, 6.45) is 12.5. The van der Waals surface area contributed by atoms with Crippen molar-refractivity contribution in [2.24, 2.45) is 34.5 Å². The van der Waals surface area contributed by atoms with Gasteiger partial charge in [0.15, 0.2) is 5.78 Å². The maximum Gasteiger partial charge on any atom is 0.159 e. The summed E-state index contributed by atoms with van der Waals surface area (Å²) >= 11 is 3.59. The number of aliphatic hydroxyl groups is 1. The van der Waals surface area contributed by atoms with E-state index in [2.05, 4.69) is 29.8 Å². The van der Waals surface area contributed by atoms with Crippen LogP contribution in [0.2, 0.25) is 0 Å². The number of allylic oxidation sites excluding steroid dienone is 1. The predicted octanol–water partition coefficient (Wildman–Crippen LogP) is 6.18. The Morgan fingerprint density at radius 2 is 1.94 bits per heavy atom. The largest absolute Gasteiger partial charge is 0.393 e. The van der Waals surface area contributed by atoms with Gasteiger partial charge in [-0.15, -0.1) is 0 Å². The molecule has 5 aliphatic rings. The first-order chi connectivity index (χ1) is 15.3. The zero-order valence-corrected chi connectivity index (χ0v) is 20.8. The first kappa shape index (κ1) is 21.6. The van der Waals surface area contributed by atoms with Crippen molar-refractivity contribution in [3.63, 3.8) is 0 Å². The second kappa shape index (κ2) is 7.26. The number of carbonyl (C=O) groups is 1. The van der Waals surface area contributed by atoms with E-state index in [1.165, 1.54) is 12.8 Å². The lowest BCUT2D eigenvalue weighted by Gasteiger charge is -2.59. The summed E-state index contributed by atoms with van der Waals surface area (Å²) < 4.78 is 7.48. The highest BCUT2D eigenvalue weighted by molar-refractivity contribution is 9.10. The van der Waals surface area contributed by atoms with Crippen molar-refractivity contribution in [3.05, 3.63) is 40.4 Å². The summed E-state index contributed by atoms with van der Waals surface area (Å²) in [5, 5.41) is 10.4. The van der Waals surface area contributed by atoms with Crippen LogP contribution in [0.15, 0.2) is 34.8 Å². The Morgan fingerprint density at radius 1 is 1.12 bits per heavy atom. The van der Waals surface area contributed by atoms with E-state index in [1.54, 1.807) is 0 Å². The Balaban J connectivity index is 1.24. The first-order valence-corrected chi connectivity index (χ1v) is 13.4. The van der Waals surface area contributed by atoms with E-state index in [9.17, 15) is 9.90 Å². The van der Waals surface area contributed by atoms with E-state index < -0.39 is 0 Å². The highest BCUT2D eigenvalue weighted by Crippen LogP contribution is 2.73. The number of rotatable bonds is 3. The van der Waals surface area contributed by atoms with E-state index in [4.69, 9.17) is 4.74 Å². The Hall–Kier alpha value is -0.970. The molecule has 32 heavy (non-hydrogen) atoms. The van der Waals surface area contributed by atoms with Crippen LogP contribution in [0.5, 0.6) is 0 Å². The fourth-order valence-electron chi connectivity index (χ4n) is 9.02. The molecule has 1 heterocycles. The van der Waals surface area contributed by atoms with Gasteiger partial charge in [0.25, 0.3) is 0 Å². The number of benzene rings is 1. The highest BCUT2D eigenvalue weighted by atomic mass is 79.9. The molecule has 0 bridgehead atoms. The zero-order valence-electron chi connectivity index (χ0n) is 19.2. The second-order valence-electron chi connectivity index (χ2n) is 11.9. The molecule has 1 N–H and O–H groups in total. The number of hydrogen-bond acceptors (Lipinski definition) is 3. The number of fused-ring (bicyclic) bond motifs is 4. The molecule has 6 rings (SSSR count). The van der Waals surface area contributed by atoms with E-state index in [-0.39, 0.29) is 28.5 Å². The van der Waals surface area contributed by atoms with Crippen LogP contribution < -0.4 is 0 Å². The molecule has 4 saturated carbocycles. The number of carbonyl (C=O) groups excluding carboxylic acids is 1. The maximum absolute atomic E-state index is 13.4. The molecule has 0 aromatic heterocycles. The molecule has 4 heteroatoms. The smallest absolute Gasteiger partial charge is 0.159 e. The summed E-state index contributed by atoms with van der Waals surface area (Å²) in [6, 6.07) is 8.08. The lowest BCUT2D eigenvalue weighted by molar-refractivity contribution is -0.131. The third-order valence-electron chi connectivity index (χ3n) is 10.7. The predicted molar refractivity (Wildman–Crippen MR) is 129 cm³/mol. The molecule has 1 saturated heterocycles. The molecule has 0 unspecified atom stereocenters. The molecular formula is C28H35BrO3. The molecule has 1 spiro atoms. The molecule has 5 fully saturated rings. The molecule has 1 aromatic carbocycles. The van der Waals surface area contributed by atoms with E-state index in [1.807, 2.05) is 36.4 Å². The summed E-state index contributed by atoms with van der Waals surface area (Å²) in [5.41, 5.74) is 1.31. The minimum atomic E-state index is -0.191. The van der Waals surface area contributed by atoms with Gasteiger partial charge in [0.05, 0.1) is 12.2 Å². The average Bonchev–Trinajstić information content (AvgIpc) is 3.34. The first-order valence-electron chi connectivity index (χ1n) is 12.6. The Labute approximate surface area is 200 Å². The van der Waals surface area contributed by atoms with Crippen LogP contribution in [-0.4, -0.2) is 28.7 Å². The summed E-state index contributed by atoms with van der Waals surface area (Å²) in [4.78, 5) is 13.4. The van der Waals surface area contributed by atoms with E-state index in [0.717, 1.165) is 48.6 Å². The van der Waals surface area contributed by atoms with Gasteiger partial charge in [0.2, 0.25) is 0 Å². The van der Waals surface area contributed by atoms with Crippen LogP contribution in [0.4, 0.5) is 0 Å². The molecule has 1 aliphatic heterocycles. The topological polar surface area (TPSA) is 49.8 Å². The van der Waals surface area contributed by atoms with Gasteiger partial charge in [0, 0.05) is 22.2 Å². The van der Waals surface area contributed by atoms with Crippen molar-refractivity contribution in [2.75, 3.05) is 0 Å². The van der Waals surface area contributed by atoms with Crippen molar-refractivity contribution in [1.29, 1.82) is 0 Å². The summed E-state index contributed by atoms with van der Waals surface area (Å²) in [6.45, 7) is 4.88. The van der Waals surface area contributed by atoms with Gasteiger partial charge in [-0.2, -0.15) is 0 Å². The number of hydrogen-bond donors (Lipinski definition) is 1. The van der Waals surface area contributed by atoms with Crippen molar-refractivity contribution in [1.82, 2.24) is 0 Å². The summed E-state index contributed by atoms with van der Waals surface area (Å²) in [7, 11) is 0. The van der Waals surface area contributed by atoms with Crippen molar-refractivity contribution in [3.8, 4) is 0 Å². The Kier molecular flexibility index (Phi) is 4.89. The van der Waals surface area contributed by atoms with E-state index >= 15 is 0 Å². The Bertz CT molecular complexity index is 973. The number of halogens is 1. The molecule has 3 nitrogen and oxygen atoms in total. The van der Waals surface area contributed by atoms with Crippen LogP contribution in [0.1, 0.15) is 70.8 Å². The minimum absolute atomic E-state index is 0.0563. The molecular weight excluding hydrogens is 464 g/mol. The molecule has 4 aliphatic carbocycles. The van der Waals surface area contributed by atoms with Gasteiger partial charge >= 0.3 is 0 Å². The maximum atomic E-state index is 13.4. The van der Waals surface area contributed by atoms with E-state index in [0.29, 0.717) is 29.6 Å². The van der Waals surface area contributed by atoms with Gasteiger partial charge in [-0.1, -0.05) is 54.1 Å². The Morgan fingerprint density at radius 3 is 2.75 bits per heavy atom. The molecule has 0 radical (unpaired) electrons. The van der Waals surface area contributed by atoms with Gasteiger partial charge in [-0.25, -0.2) is 0 Å². The number of aliphatic hydroxyl groups excluding tert-OH is 1. The lowest BCUT2D eigenvalue weighted by atomic mass is 9.44. The highest BCUT2D eigenvalue weighted by Gasteiger charge is 2.76. The van der Waals surface area contributed by atoms with Gasteiger partial charge in [-0.05, 0) is 85.8 Å². The summed E-state index contributed by atoms with van der Waals surface area (Å²) in [5.74, 6) is 2.41. The molecule has 9 atom stereocenters. The fourth-order valence-corrected chi connectivity index (χ4v) is 9.44. The van der Waals surface area contributed by atoms with Crippen molar-refractivity contribution >= 4 is 27.8 Å². The monoisotopic (exact) mass is 498 g/mol. The van der Waals surface area contributed by atoms with Gasteiger partial charge < -0.3 is 9.84 Å². The third kappa shape index (κ3) is 2.88. The SMILES string of the molecule is C[C@]12CC[C@H]3[C@@H](C[C@@H]4O[C@@]45C[C@@H](O)CC[C@]35C)[C@@H]1CC[C@@H]2C(=O)/C=C/c1ccccc1Br. The van der Waals surface area contributed by atoms with Gasteiger partial charge in [-0.3, -0.25) is 4.79 Å². The van der Waals surface area contributed by atoms with Crippen LogP contribution >= 0.6 is 15.9 Å². The van der Waals surface area contributed by atoms with Crippen LogP contribution in [0.25, 0.3) is 6.08 Å². The average molecular weight is 499 g/mol. The van der Waals surface area contributed by atoms with Crippen molar-refractivity contribution in [2.45, 2.75) is 83.0 Å². The van der Waals surface area contributed by atoms with Crippen molar-refractivity contribution < 1.29 is 14.6 Å². The number of epoxide rings is 1. The fraction of sp³-hybridized carbons (Fsp3) is 0.679. The zero-order chi connectivity index (χ0) is 22.3. The van der Waals surface area contributed by atoms with Gasteiger partial charge in [0.1, 0.15) is 5.60 Å². The standard InChI is InChI=1S/C28H35BrO3/c1-26-13-12-21-19(15-25-28(32-25)16-18(30)11-14-27(21,28)2)20(26)8-9-22(26)24(31)10-7-17-5-3-4-6-23(17)29/h3-7,10,18-22,25,30H,8-9,11-16H2,1-2H3/b10-7+/t18-,19-,20-,21-,22+,25-,26-,27+,28-/m0/s1. The van der Waals surface area contributed by atoms with Crippen LogP contribution in [-0.2, 0) is 9.53 Å². The normalized spacial score (nSPS) is 49.1. The van der Waals surface area contributed by atoms with Crippen LogP contribution in [0, 0.1) is 34.5 Å². The molecule has 1 aromatic rings. The second-order valence-corrected chi connectivity index (χ2v) is 12.7. The minimum Gasteiger partial charge on any atom is -0.393 e. The third-order valence-corrected chi connectivity index (χ3v) is 11.5. The number of ether oxygens (including phenoxy) is 1. The number of ketones is 1. The quantitative estimate of drug-likeness (QED) is 0.399. The molecule has 172 valence electrons. The van der Waals surface area contributed by atoms with Crippen LogP contribution in [0.3, 0.4) is 0 Å². The molecule has 0 amide bonds. The lowest BCUT2D eigenvalue weighted by Crippen LogP contribution is -2.58.